The van der Waals surface area contributed by atoms with Gasteiger partial charge in [0.15, 0.2) is 0 Å². The van der Waals surface area contributed by atoms with E-state index < -0.39 is 0 Å². The van der Waals surface area contributed by atoms with Gasteiger partial charge < -0.3 is 9.69 Å². The molecule has 0 bridgehead atoms. The van der Waals surface area contributed by atoms with Gasteiger partial charge in [0, 0.05) is 12.2 Å². The van der Waals surface area contributed by atoms with E-state index in [2.05, 4.69) is 36.1 Å². The first-order chi connectivity index (χ1) is 7.31. The Bertz CT molecular complexity index is 331. The number of rotatable bonds is 2. The third-order valence-corrected chi connectivity index (χ3v) is 3.07. The predicted octanol–water partition coefficient (Wildman–Crippen LogP) is 2.55. The van der Waals surface area contributed by atoms with Crippen molar-refractivity contribution in [1.29, 1.82) is 0 Å². The van der Waals surface area contributed by atoms with Gasteiger partial charge in [-0.05, 0) is 38.3 Å². The first-order valence-corrected chi connectivity index (χ1v) is 5.60. The molecule has 1 atom stereocenters. The second kappa shape index (κ2) is 4.47. The molecule has 0 saturated carbocycles. The summed E-state index contributed by atoms with van der Waals surface area (Å²) in [6.45, 7) is 3.09. The molecule has 0 amide bonds. The van der Waals surface area contributed by atoms with E-state index in [4.69, 9.17) is 0 Å². The number of hydrogen-bond acceptors (Lipinski definition) is 2. The molecular weight excluding hydrogens is 186 g/mol. The van der Waals surface area contributed by atoms with E-state index in [1.165, 1.54) is 24.1 Å². The van der Waals surface area contributed by atoms with Crippen LogP contribution in [0.15, 0.2) is 24.3 Å². The third kappa shape index (κ3) is 2.20. The maximum atomic E-state index is 11.0. The molecule has 1 aliphatic rings. The van der Waals surface area contributed by atoms with Crippen LogP contribution in [0, 0.1) is 6.92 Å². The van der Waals surface area contributed by atoms with Crippen molar-refractivity contribution in [3.05, 3.63) is 29.8 Å². The minimum Gasteiger partial charge on any atom is -0.362 e. The predicted molar refractivity (Wildman–Crippen MR) is 62.2 cm³/mol. The van der Waals surface area contributed by atoms with Crippen molar-refractivity contribution in [2.75, 3.05) is 11.4 Å². The molecule has 1 fully saturated rings. The highest BCUT2D eigenvalue weighted by Gasteiger charge is 2.21. The molecule has 1 heterocycles. The zero-order valence-corrected chi connectivity index (χ0v) is 9.15. The van der Waals surface area contributed by atoms with Crippen LogP contribution < -0.4 is 4.90 Å². The van der Waals surface area contributed by atoms with Gasteiger partial charge in [-0.25, -0.2) is 0 Å². The third-order valence-electron chi connectivity index (χ3n) is 3.07. The van der Waals surface area contributed by atoms with Crippen molar-refractivity contribution in [3.63, 3.8) is 0 Å². The van der Waals surface area contributed by atoms with Crippen LogP contribution in [0.2, 0.25) is 0 Å². The van der Waals surface area contributed by atoms with Crippen LogP contribution >= 0.6 is 0 Å². The Kier molecular flexibility index (Phi) is 3.05. The molecule has 0 N–H and O–H groups in total. The van der Waals surface area contributed by atoms with Crippen LogP contribution in [-0.4, -0.2) is 18.9 Å². The molecule has 0 aliphatic carbocycles. The fourth-order valence-corrected chi connectivity index (χ4v) is 2.16. The van der Waals surface area contributed by atoms with Gasteiger partial charge in [0.05, 0.1) is 6.04 Å². The summed E-state index contributed by atoms with van der Waals surface area (Å²) in [6.07, 6.45) is 4.44. The Balaban J connectivity index is 2.20. The lowest BCUT2D eigenvalue weighted by atomic mass is 10.0. The van der Waals surface area contributed by atoms with Crippen molar-refractivity contribution < 1.29 is 4.79 Å². The van der Waals surface area contributed by atoms with Gasteiger partial charge in [-0.3, -0.25) is 0 Å². The van der Waals surface area contributed by atoms with Gasteiger partial charge in [0.2, 0.25) is 0 Å². The Morgan fingerprint density at radius 3 is 2.67 bits per heavy atom. The van der Waals surface area contributed by atoms with Gasteiger partial charge in [-0.15, -0.1) is 0 Å². The molecule has 0 spiro atoms. The molecule has 2 nitrogen and oxygen atoms in total. The molecule has 1 aromatic carbocycles. The summed E-state index contributed by atoms with van der Waals surface area (Å²) in [5.74, 6) is 0. The highest BCUT2D eigenvalue weighted by Crippen LogP contribution is 2.23. The molecule has 1 aliphatic heterocycles. The minimum atomic E-state index is 0.0847. The van der Waals surface area contributed by atoms with E-state index in [1.54, 1.807) is 0 Å². The second-order valence-corrected chi connectivity index (χ2v) is 4.23. The number of piperidine rings is 1. The monoisotopic (exact) mass is 203 g/mol. The van der Waals surface area contributed by atoms with Crippen molar-refractivity contribution in [1.82, 2.24) is 0 Å². The Hall–Kier alpha value is -1.31. The van der Waals surface area contributed by atoms with Gasteiger partial charge in [-0.1, -0.05) is 17.7 Å². The number of carbonyl (C=O) groups is 1. The number of aldehydes is 1. The smallest absolute Gasteiger partial charge is 0.142 e. The fourth-order valence-electron chi connectivity index (χ4n) is 2.16. The van der Waals surface area contributed by atoms with Crippen LogP contribution in [-0.2, 0) is 4.79 Å². The minimum absolute atomic E-state index is 0.0847. The van der Waals surface area contributed by atoms with E-state index in [9.17, 15) is 4.79 Å². The number of hydrogen-bond donors (Lipinski definition) is 0. The van der Waals surface area contributed by atoms with Gasteiger partial charge in [0.25, 0.3) is 0 Å². The lowest BCUT2D eigenvalue weighted by molar-refractivity contribution is -0.109. The largest absolute Gasteiger partial charge is 0.362 e. The normalized spacial score (nSPS) is 21.4. The van der Waals surface area contributed by atoms with E-state index in [-0.39, 0.29) is 6.04 Å². The first kappa shape index (κ1) is 10.2. The SMILES string of the molecule is Cc1ccc(N2CCCCC2C=O)cc1. The van der Waals surface area contributed by atoms with Crippen LogP contribution in [0.5, 0.6) is 0 Å². The first-order valence-electron chi connectivity index (χ1n) is 5.60. The number of aryl methyl sites for hydroxylation is 1. The number of anilines is 1. The summed E-state index contributed by atoms with van der Waals surface area (Å²) in [4.78, 5) is 13.2. The maximum absolute atomic E-state index is 11.0. The lowest BCUT2D eigenvalue weighted by Gasteiger charge is -2.34. The highest BCUT2D eigenvalue weighted by atomic mass is 16.1. The van der Waals surface area contributed by atoms with Crippen LogP contribution in [0.25, 0.3) is 0 Å². The van der Waals surface area contributed by atoms with E-state index in [0.717, 1.165) is 19.3 Å². The molecule has 1 unspecified atom stereocenters. The Morgan fingerprint density at radius 2 is 2.00 bits per heavy atom. The molecule has 2 heteroatoms. The second-order valence-electron chi connectivity index (χ2n) is 4.23. The van der Waals surface area contributed by atoms with Gasteiger partial charge in [0.1, 0.15) is 6.29 Å². The van der Waals surface area contributed by atoms with Crippen molar-refractivity contribution >= 4 is 12.0 Å². The lowest BCUT2D eigenvalue weighted by Crippen LogP contribution is -2.40. The molecule has 0 radical (unpaired) electrons. The van der Waals surface area contributed by atoms with Crippen molar-refractivity contribution in [2.24, 2.45) is 0 Å². The molecule has 2 rings (SSSR count). The number of carbonyl (C=O) groups excluding carboxylic acids is 1. The van der Waals surface area contributed by atoms with E-state index in [1.807, 2.05) is 0 Å². The average molecular weight is 203 g/mol. The summed E-state index contributed by atoms with van der Waals surface area (Å²) in [5, 5.41) is 0. The summed E-state index contributed by atoms with van der Waals surface area (Å²) in [7, 11) is 0. The van der Waals surface area contributed by atoms with Crippen molar-refractivity contribution in [2.45, 2.75) is 32.2 Å². The topological polar surface area (TPSA) is 20.3 Å². The Labute approximate surface area is 90.9 Å². The average Bonchev–Trinajstić information content (AvgIpc) is 2.30. The molecule has 80 valence electrons. The van der Waals surface area contributed by atoms with Crippen LogP contribution in [0.3, 0.4) is 0 Å². The molecule has 15 heavy (non-hydrogen) atoms. The zero-order valence-electron chi connectivity index (χ0n) is 9.15. The fraction of sp³-hybridized carbons (Fsp3) is 0.462. The molecule has 1 saturated heterocycles. The maximum Gasteiger partial charge on any atom is 0.142 e. The highest BCUT2D eigenvalue weighted by molar-refractivity contribution is 5.66. The summed E-state index contributed by atoms with van der Waals surface area (Å²) < 4.78 is 0. The molecular formula is C13H17NO. The summed E-state index contributed by atoms with van der Waals surface area (Å²) in [5.41, 5.74) is 2.44. The van der Waals surface area contributed by atoms with Crippen LogP contribution in [0.1, 0.15) is 24.8 Å². The quantitative estimate of drug-likeness (QED) is 0.688. The van der Waals surface area contributed by atoms with E-state index >= 15 is 0 Å². The number of nitrogens with zero attached hydrogens (tertiary/aromatic N) is 1. The Morgan fingerprint density at radius 1 is 1.27 bits per heavy atom. The van der Waals surface area contributed by atoms with E-state index in [0.29, 0.717) is 0 Å². The summed E-state index contributed by atoms with van der Waals surface area (Å²) in [6, 6.07) is 8.51. The molecule has 1 aromatic rings. The molecule has 0 aromatic heterocycles. The summed E-state index contributed by atoms with van der Waals surface area (Å²) >= 11 is 0. The number of benzene rings is 1. The standard InChI is InChI=1S/C13H17NO/c1-11-5-7-12(8-6-11)14-9-3-2-4-13(14)10-15/h5-8,10,13H,2-4,9H2,1H3. The van der Waals surface area contributed by atoms with Crippen molar-refractivity contribution in [3.8, 4) is 0 Å². The van der Waals surface area contributed by atoms with Gasteiger partial charge in [-0.2, -0.15) is 0 Å². The van der Waals surface area contributed by atoms with Gasteiger partial charge >= 0.3 is 0 Å². The van der Waals surface area contributed by atoms with Crippen LogP contribution in [0.4, 0.5) is 5.69 Å². The zero-order chi connectivity index (χ0) is 10.7.